The van der Waals surface area contributed by atoms with Crippen molar-refractivity contribution < 1.29 is 14.1 Å². The van der Waals surface area contributed by atoms with Crippen LogP contribution in [-0.2, 0) is 6.61 Å². The van der Waals surface area contributed by atoms with Crippen molar-refractivity contribution in [3.05, 3.63) is 76.4 Å². The Hall–Kier alpha value is -2.86. The van der Waals surface area contributed by atoms with Crippen LogP contribution in [0.5, 0.6) is 5.75 Å². The normalized spacial score (nSPS) is 12.0. The Bertz CT molecular complexity index is 921. The number of halogens is 1. The van der Waals surface area contributed by atoms with Gasteiger partial charge < -0.3 is 14.6 Å². The van der Waals surface area contributed by atoms with E-state index < -0.39 is 0 Å². The van der Waals surface area contributed by atoms with Crippen LogP contribution < -0.4 is 10.1 Å². The summed E-state index contributed by atoms with van der Waals surface area (Å²) in [4.78, 5) is 16.8. The van der Waals surface area contributed by atoms with E-state index in [1.807, 2.05) is 38.1 Å². The lowest BCUT2D eigenvalue weighted by Crippen LogP contribution is -2.32. The van der Waals surface area contributed by atoms with E-state index in [2.05, 4.69) is 15.5 Å². The Balaban J connectivity index is 1.61. The predicted molar refractivity (Wildman–Crippen MR) is 106 cm³/mol. The number of hydrogen-bond acceptors (Lipinski definition) is 5. The van der Waals surface area contributed by atoms with Gasteiger partial charge in [-0.2, -0.15) is 4.98 Å². The van der Waals surface area contributed by atoms with Crippen molar-refractivity contribution in [3.63, 3.8) is 0 Å². The molecule has 0 aliphatic carbocycles. The largest absolute Gasteiger partial charge is 0.489 e. The van der Waals surface area contributed by atoms with Crippen molar-refractivity contribution in [1.29, 1.82) is 0 Å². The molecule has 3 rings (SSSR count). The number of ether oxygens (including phenoxy) is 1. The van der Waals surface area contributed by atoms with Crippen molar-refractivity contribution >= 4 is 17.5 Å². The molecule has 3 aromatic rings. The number of aromatic nitrogens is 2. The summed E-state index contributed by atoms with van der Waals surface area (Å²) in [6.45, 7) is 6.14. The molecule has 0 aliphatic rings. The number of carbonyl (C=O) groups is 1. The van der Waals surface area contributed by atoms with E-state index in [0.717, 1.165) is 5.56 Å². The van der Waals surface area contributed by atoms with Crippen molar-refractivity contribution in [2.24, 2.45) is 5.92 Å². The molecule has 1 N–H and O–H groups in total. The number of carbonyl (C=O) groups excluding carboxylic acids is 1. The van der Waals surface area contributed by atoms with E-state index in [-0.39, 0.29) is 17.9 Å². The summed E-state index contributed by atoms with van der Waals surface area (Å²) in [6, 6.07) is 14.1. The van der Waals surface area contributed by atoms with Gasteiger partial charge in [-0.1, -0.05) is 42.7 Å². The number of hydrogen-bond donors (Lipinski definition) is 1. The van der Waals surface area contributed by atoms with Gasteiger partial charge in [0, 0.05) is 10.6 Å². The molecule has 0 saturated carbocycles. The molecule has 0 unspecified atom stereocenters. The summed E-state index contributed by atoms with van der Waals surface area (Å²) in [5.41, 5.74) is 1.54. The first-order valence-electron chi connectivity index (χ1n) is 9.01. The molecule has 0 bridgehead atoms. The van der Waals surface area contributed by atoms with Crippen LogP contribution >= 0.6 is 11.6 Å². The van der Waals surface area contributed by atoms with E-state index >= 15 is 0 Å². The molecule has 0 spiro atoms. The summed E-state index contributed by atoms with van der Waals surface area (Å²) in [5, 5.41) is 7.45. The quantitative estimate of drug-likeness (QED) is 0.621. The first kappa shape index (κ1) is 19.9. The van der Waals surface area contributed by atoms with E-state index in [1.165, 1.54) is 0 Å². The molecule has 28 heavy (non-hydrogen) atoms. The highest BCUT2D eigenvalue weighted by molar-refractivity contribution is 6.30. The van der Waals surface area contributed by atoms with Gasteiger partial charge in [0.2, 0.25) is 5.89 Å². The smallest absolute Gasteiger partial charge is 0.251 e. The van der Waals surface area contributed by atoms with Gasteiger partial charge in [-0.3, -0.25) is 4.79 Å². The number of nitrogens with one attached hydrogen (secondary N) is 1. The summed E-state index contributed by atoms with van der Waals surface area (Å²) >= 11 is 5.88. The zero-order valence-electron chi connectivity index (χ0n) is 16.0. The second kappa shape index (κ2) is 8.89. The lowest BCUT2D eigenvalue weighted by molar-refractivity contribution is 0.0914. The zero-order chi connectivity index (χ0) is 20.1. The molecule has 0 aliphatic heterocycles. The van der Waals surface area contributed by atoms with Crippen molar-refractivity contribution in [2.45, 2.75) is 33.4 Å². The minimum Gasteiger partial charge on any atom is -0.489 e. The fraction of sp³-hybridized carbons (Fsp3) is 0.286. The molecule has 0 radical (unpaired) electrons. The molecule has 146 valence electrons. The molecule has 0 fully saturated rings. The number of benzene rings is 2. The van der Waals surface area contributed by atoms with Crippen LogP contribution in [0.25, 0.3) is 0 Å². The Morgan fingerprint density at radius 3 is 2.39 bits per heavy atom. The number of nitrogens with zero attached hydrogens (tertiary/aromatic N) is 2. The molecule has 2 aromatic carbocycles. The standard InChI is InChI=1S/C21H22ClN3O3/c1-13(2)19(21-23-14(3)25-28-21)24-20(26)16-6-10-18(11-7-16)27-12-15-4-8-17(22)9-5-15/h4-11,13,19H,12H2,1-3H3,(H,24,26)/t19-/m0/s1. The van der Waals surface area contributed by atoms with Crippen LogP contribution in [0.4, 0.5) is 0 Å². The van der Waals surface area contributed by atoms with Crippen LogP contribution in [0.15, 0.2) is 53.1 Å². The minimum atomic E-state index is -0.352. The third kappa shape index (κ3) is 5.10. The minimum absolute atomic E-state index is 0.103. The average Bonchev–Trinajstić information content (AvgIpc) is 3.11. The van der Waals surface area contributed by atoms with Gasteiger partial charge >= 0.3 is 0 Å². The van der Waals surface area contributed by atoms with E-state index in [4.69, 9.17) is 20.9 Å². The van der Waals surface area contributed by atoms with E-state index in [9.17, 15) is 4.79 Å². The predicted octanol–water partition coefficient (Wildman–Crippen LogP) is 4.74. The van der Waals surface area contributed by atoms with E-state index in [1.54, 1.807) is 31.2 Å². The van der Waals surface area contributed by atoms with Crippen LogP contribution in [0.2, 0.25) is 5.02 Å². The fourth-order valence-corrected chi connectivity index (χ4v) is 2.75. The van der Waals surface area contributed by atoms with Gasteiger partial charge in [-0.05, 0) is 54.8 Å². The summed E-state index contributed by atoms with van der Waals surface area (Å²) in [7, 11) is 0. The number of amides is 1. The average molecular weight is 400 g/mol. The number of rotatable bonds is 7. The van der Waals surface area contributed by atoms with Crippen molar-refractivity contribution in [3.8, 4) is 5.75 Å². The summed E-state index contributed by atoms with van der Waals surface area (Å²) in [6.07, 6.45) is 0. The molecule has 1 amide bonds. The highest BCUT2D eigenvalue weighted by Gasteiger charge is 2.24. The molecule has 6 nitrogen and oxygen atoms in total. The topological polar surface area (TPSA) is 77.2 Å². The Labute approximate surface area is 168 Å². The van der Waals surface area contributed by atoms with Crippen molar-refractivity contribution in [1.82, 2.24) is 15.5 Å². The molecule has 7 heteroatoms. The Morgan fingerprint density at radius 1 is 1.14 bits per heavy atom. The third-order valence-corrected chi connectivity index (χ3v) is 4.45. The maximum atomic E-state index is 12.6. The van der Waals surface area contributed by atoms with Gasteiger partial charge in [0.1, 0.15) is 18.4 Å². The SMILES string of the molecule is Cc1noc([C@@H](NC(=O)c2ccc(OCc3ccc(Cl)cc3)cc2)C(C)C)n1. The van der Waals surface area contributed by atoms with Crippen molar-refractivity contribution in [2.75, 3.05) is 0 Å². The molecule has 1 heterocycles. The Kier molecular flexibility index (Phi) is 6.31. The second-order valence-corrected chi connectivity index (χ2v) is 7.25. The van der Waals surface area contributed by atoms with E-state index in [0.29, 0.717) is 34.7 Å². The first-order valence-corrected chi connectivity index (χ1v) is 9.38. The Morgan fingerprint density at radius 2 is 1.82 bits per heavy atom. The number of aryl methyl sites for hydroxylation is 1. The zero-order valence-corrected chi connectivity index (χ0v) is 16.7. The highest BCUT2D eigenvalue weighted by atomic mass is 35.5. The monoisotopic (exact) mass is 399 g/mol. The van der Waals surface area contributed by atoms with Crippen LogP contribution in [0.3, 0.4) is 0 Å². The van der Waals surface area contributed by atoms with Crippen LogP contribution in [0, 0.1) is 12.8 Å². The maximum Gasteiger partial charge on any atom is 0.251 e. The van der Waals surface area contributed by atoms with Gasteiger partial charge in [-0.25, -0.2) is 0 Å². The molecule has 1 atom stereocenters. The third-order valence-electron chi connectivity index (χ3n) is 4.20. The highest BCUT2D eigenvalue weighted by Crippen LogP contribution is 2.21. The molecule has 0 saturated heterocycles. The van der Waals surface area contributed by atoms with Crippen LogP contribution in [-0.4, -0.2) is 16.0 Å². The van der Waals surface area contributed by atoms with Gasteiger partial charge in [0.15, 0.2) is 5.82 Å². The van der Waals surface area contributed by atoms with Crippen LogP contribution in [0.1, 0.15) is 47.5 Å². The fourth-order valence-electron chi connectivity index (χ4n) is 2.63. The van der Waals surface area contributed by atoms with Gasteiger partial charge in [0.25, 0.3) is 5.91 Å². The molecular formula is C21H22ClN3O3. The molecular weight excluding hydrogens is 378 g/mol. The molecule has 1 aromatic heterocycles. The first-order chi connectivity index (χ1) is 13.4. The summed E-state index contributed by atoms with van der Waals surface area (Å²) < 4.78 is 11.0. The van der Waals surface area contributed by atoms with Gasteiger partial charge in [-0.15, -0.1) is 0 Å². The summed E-state index contributed by atoms with van der Waals surface area (Å²) in [5.74, 6) is 1.52. The second-order valence-electron chi connectivity index (χ2n) is 6.81. The maximum absolute atomic E-state index is 12.6. The lowest BCUT2D eigenvalue weighted by atomic mass is 10.0. The lowest BCUT2D eigenvalue weighted by Gasteiger charge is -2.18. The van der Waals surface area contributed by atoms with Gasteiger partial charge in [0.05, 0.1) is 0 Å².